The van der Waals surface area contributed by atoms with E-state index >= 15 is 0 Å². The molecule has 0 spiro atoms. The Bertz CT molecular complexity index is 395. The van der Waals surface area contributed by atoms with Gasteiger partial charge in [-0.1, -0.05) is 5.11 Å². The third kappa shape index (κ3) is 9.60. The lowest BCUT2D eigenvalue weighted by Gasteiger charge is -2.28. The Balaban J connectivity index is 4.81. The van der Waals surface area contributed by atoms with Crippen molar-refractivity contribution in [2.24, 2.45) is 5.11 Å². The fourth-order valence-electron chi connectivity index (χ4n) is 2.33. The molecule has 22 heavy (non-hydrogen) atoms. The molecule has 0 amide bonds. The van der Waals surface area contributed by atoms with Gasteiger partial charge in [0.1, 0.15) is 0 Å². The van der Waals surface area contributed by atoms with Crippen LogP contribution in [0.2, 0.25) is 0 Å². The molecule has 0 aliphatic heterocycles. The van der Waals surface area contributed by atoms with Crippen LogP contribution >= 0.6 is 0 Å². The first-order valence-electron chi connectivity index (χ1n) is 7.03. The number of aliphatic carboxylic acids is 3. The third-order valence-corrected chi connectivity index (χ3v) is 3.36. The maximum Gasteiger partial charge on any atom is 0.303 e. The van der Waals surface area contributed by atoms with E-state index in [1.807, 2.05) is 0 Å². The Kier molecular flexibility index (Phi) is 9.36. The first-order chi connectivity index (χ1) is 10.3. The molecule has 0 unspecified atom stereocenters. The molecule has 0 fully saturated rings. The van der Waals surface area contributed by atoms with Gasteiger partial charge in [0.2, 0.25) is 0 Å². The van der Waals surface area contributed by atoms with Gasteiger partial charge in [-0.15, -0.1) is 0 Å². The van der Waals surface area contributed by atoms with Crippen molar-refractivity contribution in [1.29, 1.82) is 0 Å². The average Bonchev–Trinajstić information content (AvgIpc) is 2.37. The van der Waals surface area contributed by atoms with Crippen LogP contribution in [0.15, 0.2) is 5.11 Å². The second-order valence-electron chi connectivity index (χ2n) is 5.16. The van der Waals surface area contributed by atoms with Crippen molar-refractivity contribution in [2.45, 2.75) is 63.3 Å². The molecule has 0 saturated carbocycles. The number of hydrogen-bond acceptors (Lipinski definition) is 4. The number of hydrogen-bond donors (Lipinski definition) is 3. The lowest BCUT2D eigenvalue weighted by molar-refractivity contribution is -0.138. The fourth-order valence-corrected chi connectivity index (χ4v) is 2.33. The van der Waals surface area contributed by atoms with Crippen molar-refractivity contribution in [3.05, 3.63) is 10.4 Å². The summed E-state index contributed by atoms with van der Waals surface area (Å²) in [6.45, 7) is 0. The van der Waals surface area contributed by atoms with E-state index in [1.165, 1.54) is 0 Å². The van der Waals surface area contributed by atoms with Crippen molar-refractivity contribution in [1.82, 2.24) is 0 Å². The summed E-state index contributed by atoms with van der Waals surface area (Å²) in [4.78, 5) is 34.6. The molecular formula is C13H21N3O6. The van der Waals surface area contributed by atoms with Gasteiger partial charge in [-0.25, -0.2) is 0 Å². The zero-order valence-electron chi connectivity index (χ0n) is 12.3. The molecule has 124 valence electrons. The van der Waals surface area contributed by atoms with Gasteiger partial charge in [0.15, 0.2) is 0 Å². The summed E-state index contributed by atoms with van der Waals surface area (Å²) in [5.41, 5.74) is 7.82. The Hall–Kier alpha value is -2.28. The van der Waals surface area contributed by atoms with Crippen LogP contribution in [0.3, 0.4) is 0 Å². The largest absolute Gasteiger partial charge is 0.481 e. The molecule has 0 bridgehead atoms. The lowest BCUT2D eigenvalue weighted by atomic mass is 9.83. The van der Waals surface area contributed by atoms with Crippen molar-refractivity contribution < 1.29 is 29.7 Å². The zero-order valence-corrected chi connectivity index (χ0v) is 12.3. The van der Waals surface area contributed by atoms with E-state index in [0.717, 1.165) is 0 Å². The summed E-state index contributed by atoms with van der Waals surface area (Å²) < 4.78 is 0. The maximum absolute atomic E-state index is 10.6. The van der Waals surface area contributed by atoms with E-state index in [1.54, 1.807) is 0 Å². The van der Waals surface area contributed by atoms with Crippen LogP contribution in [0.5, 0.6) is 0 Å². The van der Waals surface area contributed by atoms with Gasteiger partial charge >= 0.3 is 17.9 Å². The van der Waals surface area contributed by atoms with E-state index < -0.39 is 23.4 Å². The number of carboxylic acid groups (broad SMARTS) is 3. The van der Waals surface area contributed by atoms with Gasteiger partial charge in [-0.3, -0.25) is 14.4 Å². The summed E-state index contributed by atoms with van der Waals surface area (Å²) in [5.74, 6) is -2.90. The predicted octanol–water partition coefficient (Wildman–Crippen LogP) is 2.80. The Labute approximate surface area is 127 Å². The molecule has 0 aliphatic carbocycles. The van der Waals surface area contributed by atoms with Crippen LogP contribution in [0, 0.1) is 0 Å². The molecule has 3 N–H and O–H groups in total. The van der Waals surface area contributed by atoms with Crippen molar-refractivity contribution in [2.75, 3.05) is 0 Å². The van der Waals surface area contributed by atoms with Gasteiger partial charge < -0.3 is 15.3 Å². The molecule has 9 nitrogen and oxygen atoms in total. The number of carboxylic acids is 3. The molecule has 0 aromatic rings. The van der Waals surface area contributed by atoms with Crippen LogP contribution in [0.25, 0.3) is 10.4 Å². The molecule has 9 heteroatoms. The molecule has 0 aromatic carbocycles. The second kappa shape index (κ2) is 10.4. The maximum atomic E-state index is 10.6. The lowest BCUT2D eigenvalue weighted by Crippen LogP contribution is -2.27. The monoisotopic (exact) mass is 315 g/mol. The summed E-state index contributed by atoms with van der Waals surface area (Å²) >= 11 is 0. The van der Waals surface area contributed by atoms with Gasteiger partial charge in [-0.05, 0) is 44.1 Å². The predicted molar refractivity (Wildman–Crippen MR) is 76.3 cm³/mol. The van der Waals surface area contributed by atoms with Crippen LogP contribution < -0.4 is 0 Å². The topological polar surface area (TPSA) is 161 Å². The summed E-state index contributed by atoms with van der Waals surface area (Å²) in [6, 6.07) is 0. The van der Waals surface area contributed by atoms with Crippen LogP contribution in [-0.2, 0) is 14.4 Å². The molecule has 0 rings (SSSR count). The van der Waals surface area contributed by atoms with E-state index in [0.29, 0.717) is 19.3 Å². The minimum absolute atomic E-state index is 0.0828. The van der Waals surface area contributed by atoms with Gasteiger partial charge in [0.25, 0.3) is 0 Å². The first kappa shape index (κ1) is 19.7. The molecule has 0 saturated heterocycles. The van der Waals surface area contributed by atoms with E-state index in [-0.39, 0.29) is 38.5 Å². The Morgan fingerprint density at radius 1 is 0.818 bits per heavy atom. The van der Waals surface area contributed by atoms with Crippen LogP contribution in [-0.4, -0.2) is 38.8 Å². The van der Waals surface area contributed by atoms with Crippen molar-refractivity contribution in [3.8, 4) is 0 Å². The highest BCUT2D eigenvalue weighted by Crippen LogP contribution is 2.32. The number of rotatable bonds is 13. The number of azide groups is 1. The highest BCUT2D eigenvalue weighted by Gasteiger charge is 2.28. The highest BCUT2D eigenvalue weighted by atomic mass is 16.4. The standard InChI is InChI=1S/C13H21N3O6/c14-16-15-13(7-1-4-10(17)18,8-2-5-11(19)20)9-3-6-12(21)22/h1-9H2,(H,17,18)(H,19,20)(H,21,22). The average molecular weight is 315 g/mol. The first-order valence-corrected chi connectivity index (χ1v) is 7.03. The zero-order chi connectivity index (χ0) is 17.0. The van der Waals surface area contributed by atoms with E-state index in [4.69, 9.17) is 20.9 Å². The van der Waals surface area contributed by atoms with Gasteiger partial charge in [0, 0.05) is 29.7 Å². The van der Waals surface area contributed by atoms with Gasteiger partial charge in [0.05, 0.1) is 0 Å². The second-order valence-corrected chi connectivity index (χ2v) is 5.16. The smallest absolute Gasteiger partial charge is 0.303 e. The third-order valence-electron chi connectivity index (χ3n) is 3.36. The minimum atomic E-state index is -0.967. The van der Waals surface area contributed by atoms with Crippen molar-refractivity contribution in [3.63, 3.8) is 0 Å². The minimum Gasteiger partial charge on any atom is -0.481 e. The summed E-state index contributed by atoms with van der Waals surface area (Å²) in [5, 5.41) is 29.8. The fraction of sp³-hybridized carbons (Fsp3) is 0.769. The van der Waals surface area contributed by atoms with Crippen molar-refractivity contribution >= 4 is 17.9 Å². The summed E-state index contributed by atoms with van der Waals surface area (Å²) in [7, 11) is 0. The van der Waals surface area contributed by atoms with E-state index in [2.05, 4.69) is 10.0 Å². The molecule has 0 aliphatic rings. The Morgan fingerprint density at radius 3 is 1.36 bits per heavy atom. The normalized spacial score (nSPS) is 10.7. The molecular weight excluding hydrogens is 294 g/mol. The van der Waals surface area contributed by atoms with Gasteiger partial charge in [-0.2, -0.15) is 0 Å². The summed E-state index contributed by atoms with van der Waals surface area (Å²) in [6.07, 6.45) is 1.49. The molecule has 0 atom stereocenters. The molecule has 0 radical (unpaired) electrons. The number of nitrogens with zero attached hydrogens (tertiary/aromatic N) is 3. The number of carbonyl (C=O) groups is 3. The molecule has 0 aromatic heterocycles. The van der Waals surface area contributed by atoms with Crippen LogP contribution in [0.4, 0.5) is 0 Å². The van der Waals surface area contributed by atoms with E-state index in [9.17, 15) is 14.4 Å². The highest BCUT2D eigenvalue weighted by molar-refractivity contribution is 5.67. The van der Waals surface area contributed by atoms with Crippen LogP contribution in [0.1, 0.15) is 57.8 Å². The Morgan fingerprint density at radius 2 is 1.14 bits per heavy atom. The SMILES string of the molecule is [N-]=[N+]=NC(CCCC(=O)O)(CCCC(=O)O)CCCC(=O)O. The molecule has 0 heterocycles. The quantitative estimate of drug-likeness (QED) is 0.269.